The molecule has 17 heavy (non-hydrogen) atoms. The quantitative estimate of drug-likeness (QED) is 0.799. The van der Waals surface area contributed by atoms with Crippen molar-refractivity contribution < 1.29 is 4.79 Å². The molecule has 3 heteroatoms. The van der Waals surface area contributed by atoms with Crippen LogP contribution in [0.15, 0.2) is 0 Å². The second-order valence-electron chi connectivity index (χ2n) is 5.81. The van der Waals surface area contributed by atoms with Crippen molar-refractivity contribution in [2.75, 3.05) is 19.6 Å². The maximum absolute atomic E-state index is 11.4. The number of nitrogens with zero attached hydrogens (tertiary/aromatic N) is 1. The summed E-state index contributed by atoms with van der Waals surface area (Å²) in [4.78, 5) is 14.0. The van der Waals surface area contributed by atoms with Gasteiger partial charge in [-0.3, -0.25) is 4.79 Å². The third kappa shape index (κ3) is 5.07. The van der Waals surface area contributed by atoms with Gasteiger partial charge in [-0.15, -0.1) is 0 Å². The van der Waals surface area contributed by atoms with E-state index in [2.05, 4.69) is 24.1 Å². The first-order valence-electron chi connectivity index (χ1n) is 7.02. The lowest BCUT2D eigenvalue weighted by molar-refractivity contribution is -0.124. The van der Waals surface area contributed by atoms with Crippen molar-refractivity contribution in [1.29, 1.82) is 0 Å². The van der Waals surface area contributed by atoms with Gasteiger partial charge in [-0.2, -0.15) is 0 Å². The average molecular weight is 240 g/mol. The van der Waals surface area contributed by atoms with Crippen molar-refractivity contribution in [3.05, 3.63) is 0 Å². The number of hydrogen-bond acceptors (Lipinski definition) is 2. The average Bonchev–Trinajstić information content (AvgIpc) is 2.29. The highest BCUT2D eigenvalue weighted by molar-refractivity contribution is 5.77. The first kappa shape index (κ1) is 14.5. The molecule has 1 fully saturated rings. The van der Waals surface area contributed by atoms with Gasteiger partial charge in [0.25, 0.3) is 0 Å². The van der Waals surface area contributed by atoms with Crippen molar-refractivity contribution in [3.8, 4) is 0 Å². The SMILES string of the molecule is CC(C)C(=O)NCCC1CCN(C(C)C)CC1. The van der Waals surface area contributed by atoms with Gasteiger partial charge < -0.3 is 10.2 Å². The molecule has 1 rings (SSSR count). The fraction of sp³-hybridized carbons (Fsp3) is 0.929. The van der Waals surface area contributed by atoms with Crippen molar-refractivity contribution in [2.24, 2.45) is 11.8 Å². The molecular weight excluding hydrogens is 212 g/mol. The topological polar surface area (TPSA) is 32.3 Å². The van der Waals surface area contributed by atoms with Crippen molar-refractivity contribution in [3.63, 3.8) is 0 Å². The largest absolute Gasteiger partial charge is 0.356 e. The summed E-state index contributed by atoms with van der Waals surface area (Å²) in [5, 5.41) is 3.01. The predicted octanol–water partition coefficient (Wildman–Crippen LogP) is 2.27. The molecule has 1 N–H and O–H groups in total. The number of carbonyl (C=O) groups is 1. The van der Waals surface area contributed by atoms with Crippen molar-refractivity contribution in [2.45, 2.75) is 53.0 Å². The number of likely N-dealkylation sites (tertiary alicyclic amines) is 1. The van der Waals surface area contributed by atoms with Crippen LogP contribution in [-0.4, -0.2) is 36.5 Å². The van der Waals surface area contributed by atoms with Gasteiger partial charge in [0.1, 0.15) is 0 Å². The molecule has 0 spiro atoms. The fourth-order valence-corrected chi connectivity index (χ4v) is 2.36. The van der Waals surface area contributed by atoms with Crippen LogP contribution in [-0.2, 0) is 4.79 Å². The van der Waals surface area contributed by atoms with Crippen LogP contribution >= 0.6 is 0 Å². The fourth-order valence-electron chi connectivity index (χ4n) is 2.36. The van der Waals surface area contributed by atoms with Crippen molar-refractivity contribution >= 4 is 5.91 Å². The molecule has 0 atom stereocenters. The van der Waals surface area contributed by atoms with Gasteiger partial charge in [-0.05, 0) is 52.1 Å². The van der Waals surface area contributed by atoms with Gasteiger partial charge in [0.05, 0.1) is 0 Å². The molecule has 0 unspecified atom stereocenters. The number of nitrogens with one attached hydrogen (secondary N) is 1. The lowest BCUT2D eigenvalue weighted by Crippen LogP contribution is -2.39. The van der Waals surface area contributed by atoms with Crippen LogP contribution in [0.1, 0.15) is 47.0 Å². The molecule has 100 valence electrons. The Bertz CT molecular complexity index is 230. The molecule has 0 bridgehead atoms. The smallest absolute Gasteiger partial charge is 0.222 e. The Morgan fingerprint density at radius 2 is 1.82 bits per heavy atom. The molecule has 1 aliphatic heterocycles. The molecule has 1 aliphatic rings. The lowest BCUT2D eigenvalue weighted by Gasteiger charge is -2.34. The van der Waals surface area contributed by atoms with E-state index in [1.165, 1.54) is 25.9 Å². The Kier molecular flexibility index (Phi) is 5.96. The molecule has 3 nitrogen and oxygen atoms in total. The minimum Gasteiger partial charge on any atom is -0.356 e. The highest BCUT2D eigenvalue weighted by Crippen LogP contribution is 2.21. The molecule has 0 aromatic heterocycles. The van der Waals surface area contributed by atoms with Gasteiger partial charge >= 0.3 is 0 Å². The maximum Gasteiger partial charge on any atom is 0.222 e. The Morgan fingerprint density at radius 1 is 1.24 bits per heavy atom. The minimum absolute atomic E-state index is 0.109. The molecular formula is C14H28N2O. The predicted molar refractivity (Wildman–Crippen MR) is 71.9 cm³/mol. The summed E-state index contributed by atoms with van der Waals surface area (Å²) in [6.45, 7) is 11.7. The van der Waals surface area contributed by atoms with Gasteiger partial charge in [0.15, 0.2) is 0 Å². The monoisotopic (exact) mass is 240 g/mol. The number of hydrogen-bond donors (Lipinski definition) is 1. The van der Waals surface area contributed by atoms with E-state index in [0.717, 1.165) is 18.9 Å². The van der Waals surface area contributed by atoms with Crippen molar-refractivity contribution in [1.82, 2.24) is 10.2 Å². The number of piperidine rings is 1. The summed E-state index contributed by atoms with van der Waals surface area (Å²) in [6, 6.07) is 0.677. The zero-order chi connectivity index (χ0) is 12.8. The molecule has 0 saturated carbocycles. The summed E-state index contributed by atoms with van der Waals surface area (Å²) in [6.07, 6.45) is 3.72. The first-order chi connectivity index (χ1) is 8.00. The summed E-state index contributed by atoms with van der Waals surface area (Å²) >= 11 is 0. The summed E-state index contributed by atoms with van der Waals surface area (Å²) in [5.74, 6) is 1.10. The first-order valence-corrected chi connectivity index (χ1v) is 7.02. The lowest BCUT2D eigenvalue weighted by atomic mass is 9.93. The van der Waals surface area contributed by atoms with E-state index in [9.17, 15) is 4.79 Å². The normalized spacial score (nSPS) is 18.9. The second kappa shape index (κ2) is 7.00. The summed E-state index contributed by atoms with van der Waals surface area (Å²) in [7, 11) is 0. The number of carbonyl (C=O) groups excluding carboxylic acids is 1. The Balaban J connectivity index is 2.12. The molecule has 0 radical (unpaired) electrons. The van der Waals surface area contributed by atoms with Crippen LogP contribution in [0.4, 0.5) is 0 Å². The number of amides is 1. The third-order valence-electron chi connectivity index (χ3n) is 3.76. The Hall–Kier alpha value is -0.570. The van der Waals surface area contributed by atoms with Crippen LogP contribution in [0.2, 0.25) is 0 Å². The maximum atomic E-state index is 11.4. The molecule has 1 heterocycles. The zero-order valence-corrected chi connectivity index (χ0v) is 11.8. The standard InChI is InChI=1S/C14H28N2O/c1-11(2)14(17)15-8-5-13-6-9-16(10-7-13)12(3)4/h11-13H,5-10H2,1-4H3,(H,15,17). The van der Waals surface area contributed by atoms with E-state index in [1.54, 1.807) is 0 Å². The number of rotatable bonds is 5. The highest BCUT2D eigenvalue weighted by Gasteiger charge is 2.20. The molecule has 0 aromatic carbocycles. The van der Waals surface area contributed by atoms with Crippen LogP contribution in [0.25, 0.3) is 0 Å². The minimum atomic E-state index is 0.109. The van der Waals surface area contributed by atoms with E-state index in [1.807, 2.05) is 13.8 Å². The Labute approximate surface area is 106 Å². The molecule has 1 amide bonds. The molecule has 1 saturated heterocycles. The van der Waals surface area contributed by atoms with Crippen LogP contribution in [0, 0.1) is 11.8 Å². The molecule has 0 aliphatic carbocycles. The van der Waals surface area contributed by atoms with E-state index in [-0.39, 0.29) is 11.8 Å². The van der Waals surface area contributed by atoms with Gasteiger partial charge in [0.2, 0.25) is 5.91 Å². The van der Waals surface area contributed by atoms with E-state index in [0.29, 0.717) is 6.04 Å². The van der Waals surface area contributed by atoms with E-state index >= 15 is 0 Å². The van der Waals surface area contributed by atoms with E-state index in [4.69, 9.17) is 0 Å². The highest BCUT2D eigenvalue weighted by atomic mass is 16.1. The van der Waals surface area contributed by atoms with Crippen LogP contribution < -0.4 is 5.32 Å². The Morgan fingerprint density at radius 3 is 2.29 bits per heavy atom. The van der Waals surface area contributed by atoms with Gasteiger partial charge in [-0.1, -0.05) is 13.8 Å². The summed E-state index contributed by atoms with van der Waals surface area (Å²) < 4.78 is 0. The third-order valence-corrected chi connectivity index (χ3v) is 3.76. The van der Waals surface area contributed by atoms with Crippen LogP contribution in [0.5, 0.6) is 0 Å². The summed E-state index contributed by atoms with van der Waals surface area (Å²) in [5.41, 5.74) is 0. The van der Waals surface area contributed by atoms with Gasteiger partial charge in [-0.25, -0.2) is 0 Å². The second-order valence-corrected chi connectivity index (χ2v) is 5.81. The molecule has 0 aromatic rings. The van der Waals surface area contributed by atoms with Gasteiger partial charge in [0, 0.05) is 18.5 Å². The van der Waals surface area contributed by atoms with E-state index < -0.39 is 0 Å². The zero-order valence-electron chi connectivity index (χ0n) is 11.8. The van der Waals surface area contributed by atoms with Crippen LogP contribution in [0.3, 0.4) is 0 Å².